The molecule has 0 atom stereocenters. The summed E-state index contributed by atoms with van der Waals surface area (Å²) in [5.41, 5.74) is 2.47. The van der Waals surface area contributed by atoms with Crippen molar-refractivity contribution >= 4 is 45.7 Å². The second-order valence-electron chi connectivity index (χ2n) is 6.04. The summed E-state index contributed by atoms with van der Waals surface area (Å²) >= 11 is 12.1. The number of halogens is 2. The van der Waals surface area contributed by atoms with E-state index in [0.717, 1.165) is 16.6 Å². The van der Waals surface area contributed by atoms with Crippen molar-refractivity contribution in [3.63, 3.8) is 0 Å². The number of oxazole rings is 1. The molecule has 0 saturated carbocycles. The number of H-pyrrole nitrogens is 1. The first kappa shape index (κ1) is 17.6. The number of hydrogen-bond acceptors (Lipinski definition) is 3. The Labute approximate surface area is 165 Å². The topological polar surface area (TPSA) is 70.9 Å². The molecule has 2 N–H and O–H groups in total. The third-order valence-corrected chi connectivity index (χ3v) is 4.73. The van der Waals surface area contributed by atoms with Crippen molar-refractivity contribution < 1.29 is 9.21 Å². The normalized spacial score (nSPS) is 11.0. The number of benzene rings is 2. The lowest BCUT2D eigenvalue weighted by molar-refractivity contribution is -0.116. The van der Waals surface area contributed by atoms with Gasteiger partial charge in [-0.2, -0.15) is 0 Å². The molecule has 4 aromatic rings. The third kappa shape index (κ3) is 3.84. The highest BCUT2D eigenvalue weighted by Gasteiger charge is 2.12. The van der Waals surface area contributed by atoms with Crippen LogP contribution in [0.1, 0.15) is 12.3 Å². The molecule has 0 radical (unpaired) electrons. The van der Waals surface area contributed by atoms with Crippen LogP contribution in [0, 0.1) is 0 Å². The van der Waals surface area contributed by atoms with Crippen molar-refractivity contribution in [2.45, 2.75) is 12.8 Å². The van der Waals surface area contributed by atoms with Crippen LogP contribution in [0.15, 0.2) is 59.3 Å². The Morgan fingerprint density at radius 2 is 2.07 bits per heavy atom. The molecule has 136 valence electrons. The lowest BCUT2D eigenvalue weighted by Crippen LogP contribution is -2.12. The zero-order chi connectivity index (χ0) is 18.8. The maximum absolute atomic E-state index is 12.3. The number of aromatic nitrogens is 2. The van der Waals surface area contributed by atoms with Gasteiger partial charge in [-0.15, -0.1) is 0 Å². The van der Waals surface area contributed by atoms with E-state index in [1.165, 1.54) is 0 Å². The average Bonchev–Trinajstić information content (AvgIpc) is 3.30. The maximum Gasteiger partial charge on any atom is 0.224 e. The molecule has 5 nitrogen and oxygen atoms in total. The second-order valence-corrected chi connectivity index (χ2v) is 6.88. The minimum atomic E-state index is -0.104. The highest BCUT2D eigenvalue weighted by molar-refractivity contribution is 6.36. The minimum Gasteiger partial charge on any atom is -0.441 e. The molecular weight excluding hydrogens is 385 g/mol. The molecule has 1 amide bonds. The summed E-state index contributed by atoms with van der Waals surface area (Å²) in [6, 6.07) is 12.8. The van der Waals surface area contributed by atoms with Crippen LogP contribution in [0.25, 0.3) is 22.2 Å². The summed E-state index contributed by atoms with van der Waals surface area (Å²) in [7, 11) is 0. The van der Waals surface area contributed by atoms with Crippen LogP contribution in [0.4, 0.5) is 5.69 Å². The molecule has 27 heavy (non-hydrogen) atoms. The molecule has 0 fully saturated rings. The van der Waals surface area contributed by atoms with Crippen molar-refractivity contribution in [2.24, 2.45) is 0 Å². The van der Waals surface area contributed by atoms with Crippen molar-refractivity contribution in [1.82, 2.24) is 9.97 Å². The van der Waals surface area contributed by atoms with E-state index in [0.29, 0.717) is 33.7 Å². The van der Waals surface area contributed by atoms with Crippen LogP contribution >= 0.6 is 23.2 Å². The molecule has 2 heterocycles. The first-order valence-electron chi connectivity index (χ1n) is 8.36. The van der Waals surface area contributed by atoms with Gasteiger partial charge in [-0.1, -0.05) is 29.3 Å². The molecule has 0 spiro atoms. The summed E-state index contributed by atoms with van der Waals surface area (Å²) in [5.74, 6) is 0.920. The largest absolute Gasteiger partial charge is 0.441 e. The Kier molecular flexibility index (Phi) is 4.88. The number of nitrogens with zero attached hydrogens (tertiary/aromatic N) is 1. The van der Waals surface area contributed by atoms with Crippen LogP contribution < -0.4 is 5.32 Å². The van der Waals surface area contributed by atoms with Gasteiger partial charge in [-0.3, -0.25) is 4.79 Å². The highest BCUT2D eigenvalue weighted by atomic mass is 35.5. The molecule has 0 aliphatic rings. The quantitative estimate of drug-likeness (QED) is 0.451. The first-order valence-corrected chi connectivity index (χ1v) is 9.12. The van der Waals surface area contributed by atoms with Gasteiger partial charge in [0.2, 0.25) is 5.91 Å². The van der Waals surface area contributed by atoms with Crippen molar-refractivity contribution in [1.29, 1.82) is 0 Å². The molecule has 2 aromatic heterocycles. The Bertz CT molecular complexity index is 1120. The number of fused-ring (bicyclic) bond motifs is 1. The molecule has 0 unspecified atom stereocenters. The van der Waals surface area contributed by atoms with E-state index in [1.807, 2.05) is 30.5 Å². The number of nitrogens with one attached hydrogen (secondary N) is 2. The molecule has 4 rings (SSSR count). The maximum atomic E-state index is 12.3. The molecule has 0 aliphatic heterocycles. The summed E-state index contributed by atoms with van der Waals surface area (Å²) < 4.78 is 5.73. The second kappa shape index (κ2) is 7.47. The van der Waals surface area contributed by atoms with E-state index in [1.54, 1.807) is 24.4 Å². The van der Waals surface area contributed by atoms with Gasteiger partial charge in [-0.25, -0.2) is 4.98 Å². The van der Waals surface area contributed by atoms with Crippen molar-refractivity contribution in [2.75, 3.05) is 5.32 Å². The van der Waals surface area contributed by atoms with Gasteiger partial charge >= 0.3 is 0 Å². The fourth-order valence-electron chi connectivity index (χ4n) is 2.87. The predicted molar refractivity (Wildman–Crippen MR) is 107 cm³/mol. The number of aryl methyl sites for hydroxylation is 1. The molecule has 2 aromatic carbocycles. The van der Waals surface area contributed by atoms with Gasteiger partial charge in [0.25, 0.3) is 0 Å². The van der Waals surface area contributed by atoms with Crippen molar-refractivity contribution in [3.8, 4) is 11.3 Å². The fraction of sp³-hybridized carbons (Fsp3) is 0.100. The van der Waals surface area contributed by atoms with E-state index in [2.05, 4.69) is 15.3 Å². The minimum absolute atomic E-state index is 0.104. The molecular formula is C20H15Cl2N3O2. The smallest absolute Gasteiger partial charge is 0.224 e. The summed E-state index contributed by atoms with van der Waals surface area (Å²) in [4.78, 5) is 19.6. The number of carbonyl (C=O) groups is 1. The van der Waals surface area contributed by atoms with Gasteiger partial charge in [0.1, 0.15) is 0 Å². The lowest BCUT2D eigenvalue weighted by Gasteiger charge is -2.06. The summed E-state index contributed by atoms with van der Waals surface area (Å²) in [6.07, 6.45) is 4.09. The van der Waals surface area contributed by atoms with E-state index in [9.17, 15) is 4.79 Å². The number of anilines is 1. The third-order valence-electron chi connectivity index (χ3n) is 4.19. The fourth-order valence-corrected chi connectivity index (χ4v) is 3.37. The monoisotopic (exact) mass is 399 g/mol. The summed E-state index contributed by atoms with van der Waals surface area (Å²) in [6.45, 7) is 0. The zero-order valence-corrected chi connectivity index (χ0v) is 15.6. The van der Waals surface area contributed by atoms with E-state index >= 15 is 0 Å². The molecule has 7 heteroatoms. The van der Waals surface area contributed by atoms with Crippen LogP contribution in [0.3, 0.4) is 0 Å². The molecule has 0 aliphatic carbocycles. The Morgan fingerprint density at radius 3 is 2.93 bits per heavy atom. The Hall–Kier alpha value is -2.76. The SMILES string of the molecule is O=C(CCc1ncc(-c2ccc(Cl)cc2Cl)o1)Nc1cccc2[nH]ccc12. The summed E-state index contributed by atoms with van der Waals surface area (Å²) in [5, 5.41) is 4.95. The van der Waals surface area contributed by atoms with Crippen LogP contribution in [0.5, 0.6) is 0 Å². The van der Waals surface area contributed by atoms with E-state index in [-0.39, 0.29) is 12.3 Å². The van der Waals surface area contributed by atoms with Crippen molar-refractivity contribution in [3.05, 3.63) is 70.8 Å². The number of aromatic amines is 1. The lowest BCUT2D eigenvalue weighted by atomic mass is 10.2. The van der Waals surface area contributed by atoms with Crippen LogP contribution in [-0.2, 0) is 11.2 Å². The zero-order valence-electron chi connectivity index (χ0n) is 14.1. The number of rotatable bonds is 5. The standard InChI is InChI=1S/C20H15Cl2N3O2/c21-12-4-5-13(15(22)10-12)18-11-24-20(27-18)7-6-19(26)25-17-3-1-2-16-14(17)8-9-23-16/h1-5,8-11,23H,6-7H2,(H,25,26). The van der Waals surface area contributed by atoms with Gasteiger partial charge < -0.3 is 14.7 Å². The number of hydrogen-bond donors (Lipinski definition) is 2. The van der Waals surface area contributed by atoms with E-state index in [4.69, 9.17) is 27.6 Å². The molecule has 0 saturated heterocycles. The van der Waals surface area contributed by atoms with Gasteiger partial charge in [0, 0.05) is 40.5 Å². The Morgan fingerprint density at radius 1 is 1.19 bits per heavy atom. The Balaban J connectivity index is 1.41. The van der Waals surface area contributed by atoms with Gasteiger partial charge in [-0.05, 0) is 36.4 Å². The van der Waals surface area contributed by atoms with E-state index < -0.39 is 0 Å². The van der Waals surface area contributed by atoms with Crippen LogP contribution in [-0.4, -0.2) is 15.9 Å². The highest BCUT2D eigenvalue weighted by Crippen LogP contribution is 2.31. The van der Waals surface area contributed by atoms with Crippen LogP contribution in [0.2, 0.25) is 10.0 Å². The van der Waals surface area contributed by atoms with Gasteiger partial charge in [0.05, 0.1) is 16.9 Å². The predicted octanol–water partition coefficient (Wildman–Crippen LogP) is 5.70. The number of amides is 1. The molecule has 0 bridgehead atoms. The number of carbonyl (C=O) groups excluding carboxylic acids is 1. The van der Waals surface area contributed by atoms with Gasteiger partial charge in [0.15, 0.2) is 11.7 Å². The average molecular weight is 400 g/mol. The first-order chi connectivity index (χ1) is 13.1.